The van der Waals surface area contributed by atoms with E-state index in [1.807, 2.05) is 30.3 Å². The summed E-state index contributed by atoms with van der Waals surface area (Å²) in [5.74, 6) is 6.50. The van der Waals surface area contributed by atoms with Crippen LogP contribution in [0.3, 0.4) is 0 Å². The predicted molar refractivity (Wildman–Crippen MR) is 190 cm³/mol. The van der Waals surface area contributed by atoms with Gasteiger partial charge in [0.05, 0.1) is 0 Å². The van der Waals surface area contributed by atoms with Gasteiger partial charge in [0.2, 0.25) is 0 Å². The van der Waals surface area contributed by atoms with Crippen molar-refractivity contribution in [1.29, 1.82) is 0 Å². The molecule has 0 aromatic heterocycles. The van der Waals surface area contributed by atoms with Crippen molar-refractivity contribution in [1.82, 2.24) is 10.6 Å². The molecule has 5 heteroatoms. The molecule has 3 unspecified atom stereocenters. The van der Waals surface area contributed by atoms with Crippen molar-refractivity contribution < 1.29 is 17.1 Å². The van der Waals surface area contributed by atoms with Gasteiger partial charge in [-0.25, -0.2) is 18.2 Å². The van der Waals surface area contributed by atoms with Crippen LogP contribution in [-0.4, -0.2) is 35.5 Å². The van der Waals surface area contributed by atoms with Crippen molar-refractivity contribution in [2.45, 2.75) is 136 Å². The van der Waals surface area contributed by atoms with E-state index in [-0.39, 0.29) is 30.1 Å². The third kappa shape index (κ3) is 5.67. The summed E-state index contributed by atoms with van der Waals surface area (Å²) in [6.45, 7) is 2.41. The smallest absolute Gasteiger partial charge is 0.313 e. The van der Waals surface area contributed by atoms with E-state index in [1.165, 1.54) is 44.9 Å². The summed E-state index contributed by atoms with van der Waals surface area (Å²) in [5, 5.41) is 9.61. The summed E-state index contributed by atoms with van der Waals surface area (Å²) in [6, 6.07) is 18.9. The van der Waals surface area contributed by atoms with Crippen LogP contribution in [0.15, 0.2) is 48.5 Å². The zero-order valence-electron chi connectivity index (χ0n) is 27.6. The summed E-state index contributed by atoms with van der Waals surface area (Å²) in [7, 11) is 3.52. The van der Waals surface area contributed by atoms with Crippen LogP contribution in [0.25, 0.3) is 0 Å². The summed E-state index contributed by atoms with van der Waals surface area (Å²) in [5.41, 5.74) is 3.53. The largest absolute Gasteiger partial charge is 2.00 e. The van der Waals surface area contributed by atoms with Crippen LogP contribution in [0, 0.1) is 35.5 Å². The predicted octanol–water partition coefficient (Wildman–Crippen LogP) is 9.30. The van der Waals surface area contributed by atoms with Gasteiger partial charge in [-0.1, -0.05) is 6.16 Å². The van der Waals surface area contributed by atoms with Gasteiger partial charge in [-0.05, 0) is 162 Å². The molecule has 12 rings (SSSR count). The molecule has 0 amide bonds. The van der Waals surface area contributed by atoms with Crippen molar-refractivity contribution in [2.24, 2.45) is 35.5 Å². The second-order valence-corrected chi connectivity index (χ2v) is 21.6. The number of nitrogens with one attached hydrogen (secondary N) is 2. The maximum absolute atomic E-state index is 4.00. The maximum Gasteiger partial charge on any atom is 2.00 e. The Morgan fingerprint density at radius 3 is 1.51 bits per heavy atom. The first-order valence-corrected chi connectivity index (χ1v) is 21.1. The van der Waals surface area contributed by atoms with Crippen molar-refractivity contribution in [3.63, 3.8) is 0 Å². The fraction of sp³-hybridized carbons (Fsp3) is 0.750. The SMILES string of the molecule is PC(c1[cH-]ccc1CP(C12CC3CC(CC(C3)C1)C2)C12CC3CC(CC(C3)C1)C2)(C1CCCN1)C1CCCN1.[Fe+2].c1cc[cH-]c1. The van der Waals surface area contributed by atoms with Gasteiger partial charge in [-0.3, -0.25) is 0 Å². The number of rotatable bonds is 7. The third-order valence-electron chi connectivity index (χ3n) is 14.7. The molecule has 2 aliphatic heterocycles. The van der Waals surface area contributed by atoms with Gasteiger partial charge in [-0.2, -0.15) is 41.5 Å². The third-order valence-corrected chi connectivity index (χ3v) is 19.8. The van der Waals surface area contributed by atoms with Crippen LogP contribution in [0.2, 0.25) is 0 Å². The van der Waals surface area contributed by atoms with Crippen LogP contribution < -0.4 is 10.6 Å². The molecular formula is C40H58FeN2P2. The van der Waals surface area contributed by atoms with Gasteiger partial charge in [0.15, 0.2) is 0 Å². The monoisotopic (exact) mass is 684 g/mol. The van der Waals surface area contributed by atoms with E-state index in [4.69, 9.17) is 0 Å². The molecule has 2 aromatic rings. The van der Waals surface area contributed by atoms with E-state index in [1.54, 1.807) is 88.2 Å². The molecular weight excluding hydrogens is 626 g/mol. The zero-order valence-corrected chi connectivity index (χ0v) is 30.7. The Morgan fingerprint density at radius 2 is 1.16 bits per heavy atom. The fourth-order valence-corrected chi connectivity index (χ4v) is 20.0. The van der Waals surface area contributed by atoms with Crippen molar-refractivity contribution in [3.8, 4) is 0 Å². The van der Waals surface area contributed by atoms with Crippen LogP contribution >= 0.6 is 17.2 Å². The molecule has 3 atom stereocenters. The number of hydrogen-bond acceptors (Lipinski definition) is 2. The van der Waals surface area contributed by atoms with Crippen molar-refractivity contribution >= 4 is 17.2 Å². The molecule has 10 fully saturated rings. The Hall–Kier alpha value is -0.000519. The van der Waals surface area contributed by atoms with Gasteiger partial charge in [0.25, 0.3) is 0 Å². The van der Waals surface area contributed by atoms with E-state index < -0.39 is 0 Å². The summed E-state index contributed by atoms with van der Waals surface area (Å²) >= 11 is 0. The Labute approximate surface area is 288 Å². The normalized spacial score (nSPS) is 44.3. The standard InChI is InChI=1S/C35H53N2P2.C5H5.Fe/c38-35(31-6-2-8-36-31,32-7-3-9-37-32)30-5-1-4-29(30)22-39(33-16-23-10-24(17-33)12-25(11-23)18-33)34-19-26-13-27(20-34)15-28(14-26)21-34;1-2-4-5-3-1;/h1,4-5,23-28,31-32,36-37H,2-3,6-22,38H2;1-5H;/q2*-1;+2. The van der Waals surface area contributed by atoms with E-state index >= 15 is 0 Å². The van der Waals surface area contributed by atoms with Crippen LogP contribution in [0.4, 0.5) is 0 Å². The number of hydrogen-bond donors (Lipinski definition) is 2. The van der Waals surface area contributed by atoms with E-state index in [0.717, 1.165) is 45.8 Å². The molecule has 2 heterocycles. The van der Waals surface area contributed by atoms with Gasteiger partial charge in [0.1, 0.15) is 0 Å². The van der Waals surface area contributed by atoms with E-state index in [2.05, 4.69) is 38.1 Å². The van der Waals surface area contributed by atoms with Crippen LogP contribution in [-0.2, 0) is 28.4 Å². The molecule has 8 saturated carbocycles. The molecule has 2 aromatic carbocycles. The quantitative estimate of drug-likeness (QED) is 0.173. The van der Waals surface area contributed by atoms with E-state index in [0.29, 0.717) is 12.1 Å². The summed E-state index contributed by atoms with van der Waals surface area (Å²) in [4.78, 5) is 0. The molecule has 8 bridgehead atoms. The summed E-state index contributed by atoms with van der Waals surface area (Å²) < 4.78 is 0. The molecule has 0 spiro atoms. The second kappa shape index (κ2) is 12.7. The average molecular weight is 685 g/mol. The minimum atomic E-state index is 0. The van der Waals surface area contributed by atoms with Gasteiger partial charge < -0.3 is 10.6 Å². The van der Waals surface area contributed by atoms with Crippen molar-refractivity contribution in [3.05, 3.63) is 59.7 Å². The van der Waals surface area contributed by atoms with Gasteiger partial charge in [-0.15, -0.1) is 17.2 Å². The Morgan fingerprint density at radius 1 is 0.711 bits per heavy atom. The van der Waals surface area contributed by atoms with Crippen LogP contribution in [0.1, 0.15) is 114 Å². The molecule has 10 aliphatic rings. The Kier molecular flexibility index (Phi) is 9.10. The first-order chi connectivity index (χ1) is 21.5. The summed E-state index contributed by atoms with van der Waals surface area (Å²) in [6.07, 6.45) is 26.2. The van der Waals surface area contributed by atoms with Crippen LogP contribution in [0.5, 0.6) is 0 Å². The van der Waals surface area contributed by atoms with Gasteiger partial charge >= 0.3 is 17.1 Å². The molecule has 2 N–H and O–H groups in total. The minimum absolute atomic E-state index is 0. The molecule has 0 radical (unpaired) electrons. The minimum Gasteiger partial charge on any atom is -0.313 e. The van der Waals surface area contributed by atoms with Gasteiger partial charge in [0, 0.05) is 17.2 Å². The van der Waals surface area contributed by atoms with Crippen molar-refractivity contribution in [2.75, 3.05) is 13.1 Å². The first kappa shape index (κ1) is 32.2. The molecule has 2 nitrogen and oxygen atoms in total. The maximum atomic E-state index is 4.00. The molecule has 246 valence electrons. The zero-order chi connectivity index (χ0) is 29.4. The molecule has 8 aliphatic carbocycles. The van der Waals surface area contributed by atoms with E-state index in [9.17, 15) is 0 Å². The average Bonchev–Trinajstić information content (AvgIpc) is 3.83. The molecule has 2 saturated heterocycles. The Bertz CT molecular complexity index is 1120. The fourth-order valence-electron chi connectivity index (χ4n) is 13.9. The second-order valence-electron chi connectivity index (χ2n) is 17.5. The Balaban J connectivity index is 0.000000460. The first-order valence-electron chi connectivity index (χ1n) is 19.0. The topological polar surface area (TPSA) is 24.1 Å². The molecule has 45 heavy (non-hydrogen) atoms.